The number of nitrogen functional groups attached to an aromatic ring is 1. The zero-order valence-corrected chi connectivity index (χ0v) is 12.1. The first-order valence-electron chi connectivity index (χ1n) is 6.33. The number of nitrogens with zero attached hydrogens (tertiary/aromatic N) is 1. The highest BCUT2D eigenvalue weighted by molar-refractivity contribution is 7.21. The summed E-state index contributed by atoms with van der Waals surface area (Å²) in [6.45, 7) is 4.11. The molecule has 6 heteroatoms. The number of pyridine rings is 1. The molecule has 20 heavy (non-hydrogen) atoms. The van der Waals surface area contributed by atoms with Crippen LogP contribution in [0.3, 0.4) is 0 Å². The van der Waals surface area contributed by atoms with Gasteiger partial charge in [-0.15, -0.1) is 11.3 Å². The lowest BCUT2D eigenvalue weighted by atomic mass is 9.75. The molecule has 4 N–H and O–H groups in total. The molecule has 0 atom stereocenters. The Morgan fingerprint density at radius 1 is 1.40 bits per heavy atom. The molecule has 0 aliphatic heterocycles. The third kappa shape index (κ3) is 1.87. The zero-order chi connectivity index (χ0) is 14.7. The summed E-state index contributed by atoms with van der Waals surface area (Å²) < 4.78 is 0. The van der Waals surface area contributed by atoms with Gasteiger partial charge >= 0.3 is 0 Å². The number of nitrogens with two attached hydrogens (primary N) is 2. The van der Waals surface area contributed by atoms with E-state index in [1.807, 2.05) is 0 Å². The van der Waals surface area contributed by atoms with E-state index in [1.54, 1.807) is 6.07 Å². The van der Waals surface area contributed by atoms with Gasteiger partial charge in [0, 0.05) is 17.4 Å². The summed E-state index contributed by atoms with van der Waals surface area (Å²) >= 11 is 1.18. The average molecular weight is 289 g/mol. The minimum atomic E-state index is -0.560. The average Bonchev–Trinajstić information content (AvgIpc) is 2.63. The van der Waals surface area contributed by atoms with Crippen molar-refractivity contribution in [3.63, 3.8) is 0 Å². The Hall–Kier alpha value is -1.95. The van der Waals surface area contributed by atoms with Crippen molar-refractivity contribution in [3.8, 4) is 0 Å². The van der Waals surface area contributed by atoms with Gasteiger partial charge in [0.25, 0.3) is 5.91 Å². The number of carbonyl (C=O) groups is 2. The van der Waals surface area contributed by atoms with Gasteiger partial charge in [-0.25, -0.2) is 4.98 Å². The van der Waals surface area contributed by atoms with Gasteiger partial charge in [-0.2, -0.15) is 0 Å². The molecule has 1 aliphatic carbocycles. The monoisotopic (exact) mass is 289 g/mol. The maximum absolute atomic E-state index is 12.2. The van der Waals surface area contributed by atoms with E-state index in [1.165, 1.54) is 11.3 Å². The van der Waals surface area contributed by atoms with E-state index in [0.29, 0.717) is 32.8 Å². The van der Waals surface area contributed by atoms with Crippen LogP contribution in [-0.2, 0) is 6.42 Å². The predicted molar refractivity (Wildman–Crippen MR) is 79.0 cm³/mol. The molecule has 0 unspecified atom stereocenters. The Labute approximate surface area is 120 Å². The number of ketones is 1. The largest absolute Gasteiger partial charge is 0.397 e. The maximum Gasteiger partial charge on any atom is 0.260 e. The second kappa shape index (κ2) is 4.02. The normalized spacial score (nSPS) is 17.2. The Morgan fingerprint density at radius 2 is 2.10 bits per heavy atom. The number of hydrogen-bond acceptors (Lipinski definition) is 5. The maximum atomic E-state index is 12.2. The number of hydrogen-bond donors (Lipinski definition) is 2. The number of anilines is 1. The number of amides is 1. The molecule has 3 rings (SSSR count). The van der Waals surface area contributed by atoms with Crippen LogP contribution in [0.15, 0.2) is 6.07 Å². The standard InChI is InChI=1S/C14H15N3O2S/c1-14(2)4-8-6(9(18)5-14)3-7-10(15)11(12(16)19)20-13(7)17-8/h3H,4-5,15H2,1-2H3,(H2,16,19). The minimum Gasteiger partial charge on any atom is -0.397 e. The van der Waals surface area contributed by atoms with Crippen molar-refractivity contribution in [1.82, 2.24) is 4.98 Å². The highest BCUT2D eigenvalue weighted by Gasteiger charge is 2.32. The van der Waals surface area contributed by atoms with Gasteiger partial charge in [-0.05, 0) is 17.9 Å². The van der Waals surface area contributed by atoms with Gasteiger partial charge in [-0.1, -0.05) is 13.8 Å². The van der Waals surface area contributed by atoms with Crippen LogP contribution in [0, 0.1) is 5.41 Å². The molecular weight excluding hydrogens is 274 g/mol. The molecule has 2 heterocycles. The summed E-state index contributed by atoms with van der Waals surface area (Å²) in [7, 11) is 0. The van der Waals surface area contributed by atoms with E-state index in [0.717, 1.165) is 12.1 Å². The zero-order valence-electron chi connectivity index (χ0n) is 11.3. The fourth-order valence-electron chi connectivity index (χ4n) is 2.68. The molecule has 0 spiro atoms. The molecule has 104 valence electrons. The fraction of sp³-hybridized carbons (Fsp3) is 0.357. The molecule has 5 nitrogen and oxygen atoms in total. The fourth-order valence-corrected chi connectivity index (χ4v) is 3.63. The van der Waals surface area contributed by atoms with Gasteiger partial charge < -0.3 is 11.5 Å². The van der Waals surface area contributed by atoms with Crippen LogP contribution in [0.1, 0.15) is 46.0 Å². The van der Waals surface area contributed by atoms with Crippen molar-refractivity contribution in [2.45, 2.75) is 26.7 Å². The van der Waals surface area contributed by atoms with Gasteiger partial charge in [0.2, 0.25) is 0 Å². The summed E-state index contributed by atoms with van der Waals surface area (Å²) in [5, 5.41) is 0.649. The molecule has 0 saturated heterocycles. The van der Waals surface area contributed by atoms with Crippen molar-refractivity contribution in [2.24, 2.45) is 11.1 Å². The van der Waals surface area contributed by atoms with Crippen molar-refractivity contribution >= 4 is 38.9 Å². The molecule has 0 fully saturated rings. The lowest BCUT2D eigenvalue weighted by Gasteiger charge is -2.29. The summed E-state index contributed by atoms with van der Waals surface area (Å²) in [6.07, 6.45) is 1.24. The van der Waals surface area contributed by atoms with Crippen molar-refractivity contribution in [3.05, 3.63) is 22.2 Å². The van der Waals surface area contributed by atoms with E-state index in [4.69, 9.17) is 11.5 Å². The van der Waals surface area contributed by atoms with Gasteiger partial charge in [0.15, 0.2) is 5.78 Å². The lowest BCUT2D eigenvalue weighted by molar-refractivity contribution is 0.0910. The van der Waals surface area contributed by atoms with Crippen molar-refractivity contribution in [1.29, 1.82) is 0 Å². The molecule has 1 amide bonds. The summed E-state index contributed by atoms with van der Waals surface area (Å²) in [5.74, 6) is -0.480. The number of Topliss-reactive ketones (excluding diaryl/α,β-unsaturated/α-hetero) is 1. The number of primary amides is 1. The molecule has 2 aromatic heterocycles. The van der Waals surface area contributed by atoms with Crippen LogP contribution in [0.2, 0.25) is 0 Å². The number of rotatable bonds is 1. The quantitative estimate of drug-likeness (QED) is 0.840. The molecular formula is C14H15N3O2S. The van der Waals surface area contributed by atoms with Crippen LogP contribution in [0.4, 0.5) is 5.69 Å². The first kappa shape index (κ1) is 13.1. The SMILES string of the molecule is CC1(C)CC(=O)c2cc3c(N)c(C(N)=O)sc3nc2C1. The topological polar surface area (TPSA) is 99.1 Å². The van der Waals surface area contributed by atoms with Crippen molar-refractivity contribution in [2.75, 3.05) is 5.73 Å². The Balaban J connectivity index is 2.26. The second-order valence-corrected chi connectivity index (χ2v) is 6.98. The van der Waals surface area contributed by atoms with Crippen LogP contribution >= 0.6 is 11.3 Å². The number of carbonyl (C=O) groups excluding carboxylic acids is 2. The second-order valence-electron chi connectivity index (χ2n) is 5.99. The van der Waals surface area contributed by atoms with Gasteiger partial charge in [0.05, 0.1) is 11.4 Å². The Bertz CT molecular complexity index is 761. The molecule has 0 radical (unpaired) electrons. The Kier molecular flexibility index (Phi) is 2.62. The number of fused-ring (bicyclic) bond motifs is 2. The first-order chi connectivity index (χ1) is 9.28. The smallest absolute Gasteiger partial charge is 0.260 e. The third-order valence-corrected chi connectivity index (χ3v) is 4.74. The predicted octanol–water partition coefficient (Wildman–Crippen LogP) is 2.13. The first-order valence-corrected chi connectivity index (χ1v) is 7.15. The summed E-state index contributed by atoms with van der Waals surface area (Å²) in [4.78, 5) is 29.1. The summed E-state index contributed by atoms with van der Waals surface area (Å²) in [6, 6.07) is 1.76. The van der Waals surface area contributed by atoms with Crippen LogP contribution in [0.5, 0.6) is 0 Å². The number of aromatic nitrogens is 1. The number of thiophene rings is 1. The molecule has 2 aromatic rings. The molecule has 1 aliphatic rings. The molecule has 0 aromatic carbocycles. The van der Waals surface area contributed by atoms with Crippen LogP contribution in [-0.4, -0.2) is 16.7 Å². The lowest BCUT2D eigenvalue weighted by Crippen LogP contribution is -2.27. The van der Waals surface area contributed by atoms with E-state index in [9.17, 15) is 9.59 Å². The van der Waals surface area contributed by atoms with Crippen LogP contribution in [0.25, 0.3) is 10.2 Å². The summed E-state index contributed by atoms with van der Waals surface area (Å²) in [5.41, 5.74) is 12.9. The van der Waals surface area contributed by atoms with E-state index < -0.39 is 5.91 Å². The van der Waals surface area contributed by atoms with E-state index in [-0.39, 0.29) is 11.2 Å². The molecule has 0 bridgehead atoms. The molecule has 0 saturated carbocycles. The van der Waals surface area contributed by atoms with Gasteiger partial charge in [0.1, 0.15) is 9.71 Å². The minimum absolute atomic E-state index is 0.0804. The third-order valence-electron chi connectivity index (χ3n) is 3.61. The highest BCUT2D eigenvalue weighted by atomic mass is 32.1. The Morgan fingerprint density at radius 3 is 2.75 bits per heavy atom. The van der Waals surface area contributed by atoms with Gasteiger partial charge in [-0.3, -0.25) is 9.59 Å². The van der Waals surface area contributed by atoms with Crippen LogP contribution < -0.4 is 11.5 Å². The van der Waals surface area contributed by atoms with E-state index >= 15 is 0 Å². The van der Waals surface area contributed by atoms with Crippen molar-refractivity contribution < 1.29 is 9.59 Å². The van der Waals surface area contributed by atoms with E-state index in [2.05, 4.69) is 18.8 Å². The highest BCUT2D eigenvalue weighted by Crippen LogP contribution is 2.39.